The van der Waals surface area contributed by atoms with Crippen molar-refractivity contribution < 1.29 is 0 Å². The number of nitrogens with two attached hydrogens (primary N) is 1. The van der Waals surface area contributed by atoms with Gasteiger partial charge in [-0.1, -0.05) is 19.4 Å². The number of aryl methyl sites for hydroxylation is 2. The number of pyridine rings is 1. The molecule has 2 N–H and O–H groups in total. The number of nitrogens with zero attached hydrogens (tertiary/aromatic N) is 1. The lowest BCUT2D eigenvalue weighted by atomic mass is 10.0. The van der Waals surface area contributed by atoms with Gasteiger partial charge in [0.15, 0.2) is 0 Å². The van der Waals surface area contributed by atoms with Gasteiger partial charge in [0, 0.05) is 17.6 Å². The molecule has 2 nitrogen and oxygen atoms in total. The highest BCUT2D eigenvalue weighted by Gasteiger charge is 2.04. The summed E-state index contributed by atoms with van der Waals surface area (Å²) in [5, 5.41) is 1.21. The smallest absolute Gasteiger partial charge is 0.0708 e. The molecular formula is C15H20N2. The molecule has 17 heavy (non-hydrogen) atoms. The predicted octanol–water partition coefficient (Wildman–Crippen LogP) is 3.34. The molecule has 1 aromatic heterocycles. The number of unbranched alkanes of at least 4 members (excludes halogenated alkanes) is 1. The summed E-state index contributed by atoms with van der Waals surface area (Å²) in [6.45, 7) is 4.82. The van der Waals surface area contributed by atoms with Crippen molar-refractivity contribution in [2.45, 2.75) is 39.7 Å². The summed E-state index contributed by atoms with van der Waals surface area (Å²) in [6, 6.07) is 8.64. The lowest BCUT2D eigenvalue weighted by molar-refractivity contribution is 0.796. The average molecular weight is 228 g/mol. The first-order valence-electron chi connectivity index (χ1n) is 6.34. The largest absolute Gasteiger partial charge is 0.326 e. The molecule has 0 spiro atoms. The van der Waals surface area contributed by atoms with Crippen molar-refractivity contribution in [1.29, 1.82) is 0 Å². The van der Waals surface area contributed by atoms with Crippen LogP contribution in [0, 0.1) is 6.92 Å². The molecule has 0 atom stereocenters. The van der Waals surface area contributed by atoms with E-state index >= 15 is 0 Å². The van der Waals surface area contributed by atoms with Crippen molar-refractivity contribution >= 4 is 10.9 Å². The van der Waals surface area contributed by atoms with Crippen LogP contribution in [0.5, 0.6) is 0 Å². The first kappa shape index (κ1) is 12.1. The fourth-order valence-electron chi connectivity index (χ4n) is 2.20. The maximum Gasteiger partial charge on any atom is 0.0708 e. The Morgan fingerprint density at radius 3 is 2.76 bits per heavy atom. The molecule has 2 heteroatoms. The number of rotatable bonds is 4. The maximum absolute atomic E-state index is 5.81. The van der Waals surface area contributed by atoms with Gasteiger partial charge in [0.25, 0.3) is 0 Å². The van der Waals surface area contributed by atoms with Gasteiger partial charge >= 0.3 is 0 Å². The van der Waals surface area contributed by atoms with Crippen LogP contribution >= 0.6 is 0 Å². The monoisotopic (exact) mass is 228 g/mol. The Bertz CT molecular complexity index is 518. The standard InChI is InChI=1S/C15H20N2/c1-3-4-5-12-6-7-15-14(9-12)13(10-16)8-11(2)17-15/h6-9H,3-5,10,16H2,1-2H3. The number of hydrogen-bond donors (Lipinski definition) is 1. The molecule has 0 saturated carbocycles. The lowest BCUT2D eigenvalue weighted by Gasteiger charge is -2.08. The van der Waals surface area contributed by atoms with Crippen molar-refractivity contribution in [1.82, 2.24) is 4.98 Å². The van der Waals surface area contributed by atoms with Crippen molar-refractivity contribution in [2.24, 2.45) is 5.73 Å². The molecule has 2 rings (SSSR count). The molecule has 0 aliphatic carbocycles. The summed E-state index contributed by atoms with van der Waals surface area (Å²) < 4.78 is 0. The molecule has 0 aliphatic rings. The third kappa shape index (κ3) is 2.64. The summed E-state index contributed by atoms with van der Waals surface area (Å²) >= 11 is 0. The lowest BCUT2D eigenvalue weighted by Crippen LogP contribution is -2.00. The number of hydrogen-bond acceptors (Lipinski definition) is 2. The molecule has 0 radical (unpaired) electrons. The van der Waals surface area contributed by atoms with E-state index in [4.69, 9.17) is 5.73 Å². The molecule has 0 bridgehead atoms. The maximum atomic E-state index is 5.81. The van der Waals surface area contributed by atoms with Gasteiger partial charge in [0.2, 0.25) is 0 Å². The summed E-state index contributed by atoms with van der Waals surface area (Å²) in [6.07, 6.45) is 3.61. The number of fused-ring (bicyclic) bond motifs is 1. The van der Waals surface area contributed by atoms with Gasteiger partial charge in [-0.3, -0.25) is 4.98 Å². The van der Waals surface area contributed by atoms with Crippen LogP contribution in [0.1, 0.15) is 36.6 Å². The molecule has 0 saturated heterocycles. The van der Waals surface area contributed by atoms with E-state index in [2.05, 4.69) is 36.2 Å². The van der Waals surface area contributed by atoms with E-state index in [1.54, 1.807) is 0 Å². The summed E-state index contributed by atoms with van der Waals surface area (Å²) in [7, 11) is 0. The zero-order valence-corrected chi connectivity index (χ0v) is 10.7. The summed E-state index contributed by atoms with van der Waals surface area (Å²) in [5.41, 5.74) is 10.5. The second kappa shape index (κ2) is 5.28. The Labute approximate surface area is 103 Å². The van der Waals surface area contributed by atoms with Crippen molar-refractivity contribution in [3.8, 4) is 0 Å². The van der Waals surface area contributed by atoms with Gasteiger partial charge < -0.3 is 5.73 Å². The Morgan fingerprint density at radius 2 is 2.06 bits per heavy atom. The Morgan fingerprint density at radius 1 is 1.24 bits per heavy atom. The topological polar surface area (TPSA) is 38.9 Å². The van der Waals surface area contributed by atoms with Gasteiger partial charge in [-0.25, -0.2) is 0 Å². The molecule has 0 fully saturated rings. The number of benzene rings is 1. The molecule has 90 valence electrons. The second-order valence-corrected chi connectivity index (χ2v) is 4.58. The van der Waals surface area contributed by atoms with Crippen LogP contribution in [0.25, 0.3) is 10.9 Å². The quantitative estimate of drug-likeness (QED) is 0.871. The highest BCUT2D eigenvalue weighted by molar-refractivity contribution is 5.83. The molecule has 0 amide bonds. The molecular weight excluding hydrogens is 208 g/mol. The fourth-order valence-corrected chi connectivity index (χ4v) is 2.20. The van der Waals surface area contributed by atoms with E-state index in [1.807, 2.05) is 6.92 Å². The minimum Gasteiger partial charge on any atom is -0.326 e. The van der Waals surface area contributed by atoms with E-state index in [9.17, 15) is 0 Å². The second-order valence-electron chi connectivity index (χ2n) is 4.58. The Hall–Kier alpha value is -1.41. The minimum atomic E-state index is 0.580. The van der Waals surface area contributed by atoms with Crippen LogP contribution in [0.3, 0.4) is 0 Å². The van der Waals surface area contributed by atoms with Crippen molar-refractivity contribution in [2.75, 3.05) is 0 Å². The minimum absolute atomic E-state index is 0.580. The van der Waals surface area contributed by atoms with E-state index in [-0.39, 0.29) is 0 Å². The van der Waals surface area contributed by atoms with Crippen LogP contribution in [0.15, 0.2) is 24.3 Å². The summed E-state index contributed by atoms with van der Waals surface area (Å²) in [4.78, 5) is 4.55. The van der Waals surface area contributed by atoms with Crippen LogP contribution in [-0.2, 0) is 13.0 Å². The van der Waals surface area contributed by atoms with Gasteiger partial charge in [-0.15, -0.1) is 0 Å². The average Bonchev–Trinajstić information content (AvgIpc) is 2.35. The van der Waals surface area contributed by atoms with Crippen molar-refractivity contribution in [3.05, 3.63) is 41.1 Å². The highest BCUT2D eigenvalue weighted by atomic mass is 14.7. The zero-order chi connectivity index (χ0) is 12.3. The first-order chi connectivity index (χ1) is 8.24. The molecule has 0 aliphatic heterocycles. The third-order valence-electron chi connectivity index (χ3n) is 3.13. The number of aromatic nitrogens is 1. The SMILES string of the molecule is CCCCc1ccc2nc(C)cc(CN)c2c1. The van der Waals surface area contributed by atoms with Crippen LogP contribution < -0.4 is 5.73 Å². The highest BCUT2D eigenvalue weighted by Crippen LogP contribution is 2.20. The Kier molecular flexibility index (Phi) is 3.75. The van der Waals surface area contributed by atoms with Crippen molar-refractivity contribution in [3.63, 3.8) is 0 Å². The summed E-state index contributed by atoms with van der Waals surface area (Å²) in [5.74, 6) is 0. The van der Waals surface area contributed by atoms with Crippen LogP contribution in [-0.4, -0.2) is 4.98 Å². The Balaban J connectivity index is 2.47. The van der Waals surface area contributed by atoms with Gasteiger partial charge in [0.1, 0.15) is 0 Å². The van der Waals surface area contributed by atoms with Gasteiger partial charge in [-0.2, -0.15) is 0 Å². The molecule has 0 unspecified atom stereocenters. The van der Waals surface area contributed by atoms with Crippen LogP contribution in [0.2, 0.25) is 0 Å². The predicted molar refractivity (Wildman–Crippen MR) is 73.0 cm³/mol. The third-order valence-corrected chi connectivity index (χ3v) is 3.13. The van der Waals surface area contributed by atoms with E-state index < -0.39 is 0 Å². The molecule has 1 heterocycles. The molecule has 2 aromatic rings. The molecule has 1 aromatic carbocycles. The van der Waals surface area contributed by atoms with E-state index in [1.165, 1.54) is 29.4 Å². The van der Waals surface area contributed by atoms with Gasteiger partial charge in [0.05, 0.1) is 5.52 Å². The van der Waals surface area contributed by atoms with Gasteiger partial charge in [-0.05, 0) is 49.1 Å². The normalized spacial score (nSPS) is 11.0. The van der Waals surface area contributed by atoms with E-state index in [0.717, 1.165) is 17.6 Å². The first-order valence-corrected chi connectivity index (χ1v) is 6.34. The zero-order valence-electron chi connectivity index (χ0n) is 10.7. The fraction of sp³-hybridized carbons (Fsp3) is 0.400. The van der Waals surface area contributed by atoms with Crippen LogP contribution in [0.4, 0.5) is 0 Å². The van der Waals surface area contributed by atoms with E-state index in [0.29, 0.717) is 6.54 Å².